The fourth-order valence-corrected chi connectivity index (χ4v) is 2.41. The molecule has 0 saturated carbocycles. The van der Waals surface area contributed by atoms with Crippen LogP contribution in [0.3, 0.4) is 0 Å². The van der Waals surface area contributed by atoms with E-state index in [-0.39, 0.29) is 26.8 Å². The Morgan fingerprint density at radius 2 is 1.90 bits per heavy atom. The summed E-state index contributed by atoms with van der Waals surface area (Å²) >= 11 is 0. The molecule has 2 aromatic rings. The summed E-state index contributed by atoms with van der Waals surface area (Å²) < 4.78 is 2.12. The van der Waals surface area contributed by atoms with Gasteiger partial charge in [0, 0.05) is 38.0 Å². The number of carbonyl (C=O) groups excluding carboxylic acids is 1. The summed E-state index contributed by atoms with van der Waals surface area (Å²) in [5.41, 5.74) is 3.97. The largest absolute Gasteiger partial charge is 0.341 e. The average Bonchev–Trinajstić information content (AvgIpc) is 2.75. The third-order valence-electron chi connectivity index (χ3n) is 3.64. The van der Waals surface area contributed by atoms with E-state index in [1.165, 1.54) is 0 Å². The van der Waals surface area contributed by atoms with Crippen LogP contribution in [-0.4, -0.2) is 35.4 Å². The van der Waals surface area contributed by atoms with Crippen molar-refractivity contribution in [3.8, 4) is 5.69 Å². The van der Waals surface area contributed by atoms with Crippen molar-refractivity contribution in [3.63, 3.8) is 0 Å². The normalized spacial score (nSPS) is 10.5. The van der Waals surface area contributed by atoms with Crippen molar-refractivity contribution in [2.45, 2.75) is 20.8 Å². The topological polar surface area (TPSA) is 25.2 Å². The van der Waals surface area contributed by atoms with Crippen LogP contribution in [0.4, 0.5) is 0 Å². The predicted octanol–water partition coefficient (Wildman–Crippen LogP) is 3.03. The molecule has 0 unspecified atom stereocenters. The molecule has 0 spiro atoms. The van der Waals surface area contributed by atoms with Gasteiger partial charge in [-0.1, -0.05) is 12.6 Å². The van der Waals surface area contributed by atoms with E-state index in [1.807, 2.05) is 56.1 Å². The van der Waals surface area contributed by atoms with Gasteiger partial charge in [-0.25, -0.2) is 0 Å². The first-order valence-corrected chi connectivity index (χ1v) is 6.91. The van der Waals surface area contributed by atoms with Crippen LogP contribution in [0.15, 0.2) is 30.3 Å². The zero-order chi connectivity index (χ0) is 14.7. The maximum atomic E-state index is 12.4. The second-order valence-corrected chi connectivity index (χ2v) is 5.13. The Balaban J connectivity index is 0.00000220. The molecule has 0 fully saturated rings. The summed E-state index contributed by atoms with van der Waals surface area (Å²) in [6.07, 6.45) is 0. The molecule has 112 valence electrons. The zero-order valence-corrected chi connectivity index (χ0v) is 15.9. The minimum absolute atomic E-state index is 0. The molecule has 0 N–H and O–H groups in total. The van der Waals surface area contributed by atoms with Crippen LogP contribution in [-0.2, 0) is 21.1 Å². The Hall–Kier alpha value is -1.18. The summed E-state index contributed by atoms with van der Waals surface area (Å²) in [6.45, 7) is 7.42. The van der Waals surface area contributed by atoms with Crippen LogP contribution in [0, 0.1) is 19.9 Å². The molecule has 4 heteroatoms. The Kier molecular flexibility index (Phi) is 6.57. The standard InChI is InChI=1S/C17H21N2O.W/c1-5-18(4)12-17(20)16-11-13(2)19(14(16)3)15-9-7-6-8-10-15;/h7-11H,5,12H2,1-4H3;/q-1;. The smallest absolute Gasteiger partial charge is 0.178 e. The predicted molar refractivity (Wildman–Crippen MR) is 81.6 cm³/mol. The van der Waals surface area contributed by atoms with E-state index in [1.54, 1.807) is 0 Å². The number of nitrogens with zero attached hydrogens (tertiary/aromatic N) is 2. The number of carbonyl (C=O) groups is 1. The van der Waals surface area contributed by atoms with Crippen molar-refractivity contribution < 1.29 is 25.9 Å². The molecule has 1 aromatic heterocycles. The molecule has 0 saturated heterocycles. The van der Waals surface area contributed by atoms with E-state index in [9.17, 15) is 4.79 Å². The van der Waals surface area contributed by atoms with Gasteiger partial charge >= 0.3 is 0 Å². The van der Waals surface area contributed by atoms with Gasteiger partial charge in [-0.3, -0.25) is 9.69 Å². The van der Waals surface area contributed by atoms with Gasteiger partial charge in [0.15, 0.2) is 5.78 Å². The molecule has 0 amide bonds. The van der Waals surface area contributed by atoms with E-state index in [4.69, 9.17) is 0 Å². The molecule has 0 atom stereocenters. The zero-order valence-electron chi connectivity index (χ0n) is 13.0. The van der Waals surface area contributed by atoms with Crippen molar-refractivity contribution in [1.29, 1.82) is 0 Å². The number of hydrogen-bond acceptors (Lipinski definition) is 2. The van der Waals surface area contributed by atoms with E-state index in [2.05, 4.69) is 17.6 Å². The number of ketones is 1. The first-order chi connectivity index (χ1) is 9.54. The molecule has 0 aliphatic rings. The van der Waals surface area contributed by atoms with Gasteiger partial charge in [-0.05, 0) is 33.5 Å². The van der Waals surface area contributed by atoms with Crippen LogP contribution in [0.5, 0.6) is 0 Å². The molecule has 1 heterocycles. The second kappa shape index (κ2) is 7.72. The molecule has 0 bridgehead atoms. The van der Waals surface area contributed by atoms with Gasteiger partial charge in [-0.15, -0.1) is 12.1 Å². The summed E-state index contributed by atoms with van der Waals surface area (Å²) in [7, 11) is 1.96. The molecule has 0 aliphatic heterocycles. The Morgan fingerprint density at radius 1 is 1.29 bits per heavy atom. The molecular weight excluding hydrogens is 432 g/mol. The van der Waals surface area contributed by atoms with Crippen molar-refractivity contribution in [3.05, 3.63) is 53.3 Å². The van der Waals surface area contributed by atoms with Gasteiger partial charge in [0.2, 0.25) is 0 Å². The Labute approximate surface area is 141 Å². The van der Waals surface area contributed by atoms with E-state index < -0.39 is 0 Å². The third kappa shape index (κ3) is 3.93. The van der Waals surface area contributed by atoms with E-state index in [0.717, 1.165) is 29.2 Å². The number of rotatable bonds is 5. The van der Waals surface area contributed by atoms with Crippen molar-refractivity contribution in [2.24, 2.45) is 0 Å². The molecule has 1 aromatic carbocycles. The summed E-state index contributed by atoms with van der Waals surface area (Å²) in [5, 5.41) is 0. The summed E-state index contributed by atoms with van der Waals surface area (Å²) in [4.78, 5) is 14.4. The van der Waals surface area contributed by atoms with Crippen LogP contribution >= 0.6 is 0 Å². The third-order valence-corrected chi connectivity index (χ3v) is 3.64. The molecular formula is C17H21N2OW-. The van der Waals surface area contributed by atoms with Gasteiger partial charge in [-0.2, -0.15) is 18.2 Å². The molecule has 0 aliphatic carbocycles. The number of aromatic nitrogens is 1. The van der Waals surface area contributed by atoms with Crippen LogP contribution < -0.4 is 0 Å². The number of aryl methyl sites for hydroxylation is 1. The minimum Gasteiger partial charge on any atom is -0.341 e. The van der Waals surface area contributed by atoms with Crippen LogP contribution in [0.25, 0.3) is 5.69 Å². The van der Waals surface area contributed by atoms with Gasteiger partial charge < -0.3 is 4.57 Å². The van der Waals surface area contributed by atoms with Crippen molar-refractivity contribution in [2.75, 3.05) is 20.1 Å². The molecule has 3 nitrogen and oxygen atoms in total. The van der Waals surface area contributed by atoms with E-state index >= 15 is 0 Å². The first-order valence-electron chi connectivity index (χ1n) is 6.91. The van der Waals surface area contributed by atoms with E-state index in [0.29, 0.717) is 6.54 Å². The number of Topliss-reactive ketones (excluding diaryl/α,β-unsaturated/α-hetero) is 1. The number of hydrogen-bond donors (Lipinski definition) is 0. The molecule has 2 rings (SSSR count). The quantitative estimate of drug-likeness (QED) is 0.514. The number of benzene rings is 1. The van der Waals surface area contributed by atoms with Crippen molar-refractivity contribution in [1.82, 2.24) is 9.47 Å². The van der Waals surface area contributed by atoms with Gasteiger partial charge in [0.25, 0.3) is 0 Å². The average molecular weight is 453 g/mol. The Bertz CT molecular complexity index is 605. The maximum Gasteiger partial charge on any atom is 0.178 e. The van der Waals surface area contributed by atoms with Crippen LogP contribution in [0.2, 0.25) is 0 Å². The fraction of sp³-hybridized carbons (Fsp3) is 0.353. The monoisotopic (exact) mass is 453 g/mol. The fourth-order valence-electron chi connectivity index (χ4n) is 2.41. The van der Waals surface area contributed by atoms with Crippen molar-refractivity contribution >= 4 is 5.78 Å². The Morgan fingerprint density at radius 3 is 2.48 bits per heavy atom. The second-order valence-electron chi connectivity index (χ2n) is 5.13. The summed E-state index contributed by atoms with van der Waals surface area (Å²) in [6, 6.07) is 12.8. The molecule has 0 radical (unpaired) electrons. The number of likely N-dealkylation sites (N-methyl/N-ethyl adjacent to an activating group) is 1. The minimum atomic E-state index is 0. The summed E-state index contributed by atoms with van der Waals surface area (Å²) in [5.74, 6) is 0.177. The maximum absolute atomic E-state index is 12.4. The van der Waals surface area contributed by atoms with Gasteiger partial charge in [0.05, 0.1) is 6.54 Å². The first kappa shape index (κ1) is 17.9. The van der Waals surface area contributed by atoms with Crippen LogP contribution in [0.1, 0.15) is 28.7 Å². The SMILES string of the molecule is CCN(C)CC(=O)c1cc(C)n(-c2cc[c-]cc2)c1C.[W]. The van der Waals surface area contributed by atoms with Gasteiger partial charge in [0.1, 0.15) is 0 Å². The molecule has 21 heavy (non-hydrogen) atoms.